The fourth-order valence-corrected chi connectivity index (χ4v) is 2.75. The van der Waals surface area contributed by atoms with Crippen LogP contribution in [0.1, 0.15) is 29.8 Å². The molecule has 2 nitrogen and oxygen atoms in total. The van der Waals surface area contributed by atoms with E-state index in [9.17, 15) is 4.79 Å². The third-order valence-corrected chi connectivity index (χ3v) is 3.96. The molecular weight excluding hydrogens is 282 g/mol. The van der Waals surface area contributed by atoms with Gasteiger partial charge in [-0.1, -0.05) is 41.9 Å². The third-order valence-electron chi connectivity index (χ3n) is 3.72. The van der Waals surface area contributed by atoms with Crippen LogP contribution in [-0.4, -0.2) is 18.4 Å². The molecule has 0 aliphatic carbocycles. The van der Waals surface area contributed by atoms with Gasteiger partial charge in [0.1, 0.15) is 0 Å². The highest BCUT2D eigenvalue weighted by atomic mass is 35.5. The predicted octanol–water partition coefficient (Wildman–Crippen LogP) is 4.75. The number of ketones is 1. The van der Waals surface area contributed by atoms with Gasteiger partial charge in [0.25, 0.3) is 0 Å². The van der Waals surface area contributed by atoms with Crippen molar-refractivity contribution in [3.8, 4) is 0 Å². The second-order valence-electron chi connectivity index (χ2n) is 5.12. The Kier molecular flexibility index (Phi) is 5.03. The van der Waals surface area contributed by atoms with E-state index >= 15 is 0 Å². The maximum absolute atomic E-state index is 12.7. The van der Waals surface area contributed by atoms with Gasteiger partial charge in [0.15, 0.2) is 5.78 Å². The summed E-state index contributed by atoms with van der Waals surface area (Å²) < 4.78 is 0. The van der Waals surface area contributed by atoms with Crippen LogP contribution in [0, 0.1) is 6.92 Å². The lowest BCUT2D eigenvalue weighted by atomic mass is 10.0. The zero-order valence-corrected chi connectivity index (χ0v) is 13.4. The van der Waals surface area contributed by atoms with Crippen LogP contribution in [0.5, 0.6) is 0 Å². The SMILES string of the molecule is CCN(c1ccccc1C)C(C)C(=O)c1cccc(Cl)c1. The van der Waals surface area contributed by atoms with Gasteiger partial charge in [0, 0.05) is 22.8 Å². The van der Waals surface area contributed by atoms with Crippen molar-refractivity contribution in [2.24, 2.45) is 0 Å². The lowest BCUT2D eigenvalue weighted by molar-refractivity contribution is 0.0964. The summed E-state index contributed by atoms with van der Waals surface area (Å²) in [6, 6.07) is 15.0. The van der Waals surface area contributed by atoms with Gasteiger partial charge in [-0.3, -0.25) is 4.79 Å². The van der Waals surface area contributed by atoms with Gasteiger partial charge in [-0.15, -0.1) is 0 Å². The van der Waals surface area contributed by atoms with Crippen molar-refractivity contribution in [3.63, 3.8) is 0 Å². The third kappa shape index (κ3) is 3.45. The molecule has 3 heteroatoms. The molecule has 0 N–H and O–H groups in total. The quantitative estimate of drug-likeness (QED) is 0.743. The van der Waals surface area contributed by atoms with Crippen LogP contribution < -0.4 is 4.90 Å². The van der Waals surface area contributed by atoms with E-state index in [1.54, 1.807) is 12.1 Å². The number of likely N-dealkylation sites (N-methyl/N-ethyl adjacent to an activating group) is 1. The molecule has 0 radical (unpaired) electrons. The molecule has 0 fully saturated rings. The summed E-state index contributed by atoms with van der Waals surface area (Å²) in [6.07, 6.45) is 0. The highest BCUT2D eigenvalue weighted by molar-refractivity contribution is 6.31. The monoisotopic (exact) mass is 301 g/mol. The number of Topliss-reactive ketones (excluding diaryl/α,β-unsaturated/α-hetero) is 1. The summed E-state index contributed by atoms with van der Waals surface area (Å²) in [7, 11) is 0. The van der Waals surface area contributed by atoms with Crippen LogP contribution in [0.15, 0.2) is 48.5 Å². The van der Waals surface area contributed by atoms with Crippen molar-refractivity contribution in [1.29, 1.82) is 0 Å². The number of nitrogens with zero attached hydrogens (tertiary/aromatic N) is 1. The fraction of sp³-hybridized carbons (Fsp3) is 0.278. The number of halogens is 1. The van der Waals surface area contributed by atoms with E-state index in [1.165, 1.54) is 5.56 Å². The van der Waals surface area contributed by atoms with Crippen LogP contribution >= 0.6 is 11.6 Å². The first-order valence-electron chi connectivity index (χ1n) is 7.16. The molecule has 2 aromatic rings. The van der Waals surface area contributed by atoms with Crippen molar-refractivity contribution >= 4 is 23.1 Å². The second-order valence-corrected chi connectivity index (χ2v) is 5.56. The molecule has 0 amide bonds. The maximum atomic E-state index is 12.7. The van der Waals surface area contributed by atoms with E-state index in [4.69, 9.17) is 11.6 Å². The van der Waals surface area contributed by atoms with Gasteiger partial charge in [0.05, 0.1) is 6.04 Å². The summed E-state index contributed by atoms with van der Waals surface area (Å²) in [6.45, 7) is 6.85. The minimum absolute atomic E-state index is 0.0857. The molecule has 0 aliphatic heterocycles. The summed E-state index contributed by atoms with van der Waals surface area (Å²) >= 11 is 5.98. The minimum Gasteiger partial charge on any atom is -0.361 e. The molecular formula is C18H20ClNO. The predicted molar refractivity (Wildman–Crippen MR) is 89.4 cm³/mol. The van der Waals surface area contributed by atoms with Crippen molar-refractivity contribution < 1.29 is 4.79 Å². The van der Waals surface area contributed by atoms with Crippen molar-refractivity contribution in [3.05, 3.63) is 64.7 Å². The molecule has 0 saturated heterocycles. The number of carbonyl (C=O) groups excluding carboxylic acids is 1. The van der Waals surface area contributed by atoms with Gasteiger partial charge < -0.3 is 4.90 Å². The number of rotatable bonds is 5. The van der Waals surface area contributed by atoms with Crippen LogP contribution in [0.3, 0.4) is 0 Å². The molecule has 0 aliphatic rings. The average Bonchev–Trinajstić information content (AvgIpc) is 2.49. The topological polar surface area (TPSA) is 20.3 Å². The van der Waals surface area contributed by atoms with E-state index in [2.05, 4.69) is 30.9 Å². The Balaban J connectivity index is 2.30. The fourth-order valence-electron chi connectivity index (χ4n) is 2.56. The molecule has 1 unspecified atom stereocenters. The molecule has 0 bridgehead atoms. The zero-order valence-electron chi connectivity index (χ0n) is 12.6. The molecule has 0 heterocycles. The van der Waals surface area contributed by atoms with Crippen LogP contribution in [0.2, 0.25) is 5.02 Å². The molecule has 110 valence electrons. The Morgan fingerprint density at radius 1 is 1.19 bits per heavy atom. The van der Waals surface area contributed by atoms with Crippen LogP contribution in [0.4, 0.5) is 5.69 Å². The summed E-state index contributed by atoms with van der Waals surface area (Å²) in [4.78, 5) is 14.8. The molecule has 0 saturated carbocycles. The van der Waals surface area contributed by atoms with Gasteiger partial charge in [-0.25, -0.2) is 0 Å². The molecule has 0 aromatic heterocycles. The van der Waals surface area contributed by atoms with Gasteiger partial charge in [0.2, 0.25) is 0 Å². The molecule has 0 spiro atoms. The summed E-state index contributed by atoms with van der Waals surface area (Å²) in [5.74, 6) is 0.0857. The minimum atomic E-state index is -0.227. The highest BCUT2D eigenvalue weighted by Gasteiger charge is 2.22. The lowest BCUT2D eigenvalue weighted by Crippen LogP contribution is -2.39. The van der Waals surface area contributed by atoms with E-state index in [1.807, 2.05) is 31.2 Å². The smallest absolute Gasteiger partial charge is 0.184 e. The Hall–Kier alpha value is -1.80. The van der Waals surface area contributed by atoms with Gasteiger partial charge in [-0.2, -0.15) is 0 Å². The van der Waals surface area contributed by atoms with E-state index in [0.29, 0.717) is 10.6 Å². The Bertz CT molecular complexity index is 639. The number of hydrogen-bond acceptors (Lipinski definition) is 2. The Labute approximate surface area is 131 Å². The number of hydrogen-bond donors (Lipinski definition) is 0. The van der Waals surface area contributed by atoms with Crippen LogP contribution in [-0.2, 0) is 0 Å². The standard InChI is InChI=1S/C18H20ClNO/c1-4-20(17-11-6-5-8-13(17)2)14(3)18(21)15-9-7-10-16(19)12-15/h5-12,14H,4H2,1-3H3. The van der Waals surface area contributed by atoms with Gasteiger partial charge in [-0.05, 0) is 44.5 Å². The maximum Gasteiger partial charge on any atom is 0.184 e. The molecule has 1 atom stereocenters. The molecule has 21 heavy (non-hydrogen) atoms. The summed E-state index contributed by atoms with van der Waals surface area (Å²) in [5.41, 5.74) is 2.93. The lowest BCUT2D eigenvalue weighted by Gasteiger charge is -2.30. The highest BCUT2D eigenvalue weighted by Crippen LogP contribution is 2.23. The first-order valence-corrected chi connectivity index (χ1v) is 7.54. The van der Waals surface area contributed by atoms with E-state index in [0.717, 1.165) is 12.2 Å². The van der Waals surface area contributed by atoms with E-state index < -0.39 is 0 Å². The number of carbonyl (C=O) groups is 1. The average molecular weight is 302 g/mol. The number of para-hydroxylation sites is 1. The number of benzene rings is 2. The zero-order chi connectivity index (χ0) is 15.4. The van der Waals surface area contributed by atoms with Crippen molar-refractivity contribution in [1.82, 2.24) is 0 Å². The first kappa shape index (κ1) is 15.6. The molecule has 2 rings (SSSR count). The Morgan fingerprint density at radius 3 is 2.52 bits per heavy atom. The second kappa shape index (κ2) is 6.77. The summed E-state index contributed by atoms with van der Waals surface area (Å²) in [5, 5.41) is 0.590. The normalized spacial score (nSPS) is 12.0. The van der Waals surface area contributed by atoms with Crippen molar-refractivity contribution in [2.45, 2.75) is 26.8 Å². The van der Waals surface area contributed by atoms with E-state index in [-0.39, 0.29) is 11.8 Å². The molecule has 2 aromatic carbocycles. The largest absolute Gasteiger partial charge is 0.361 e. The Morgan fingerprint density at radius 2 is 1.90 bits per heavy atom. The van der Waals surface area contributed by atoms with Crippen LogP contribution in [0.25, 0.3) is 0 Å². The number of anilines is 1. The van der Waals surface area contributed by atoms with Gasteiger partial charge >= 0.3 is 0 Å². The number of aryl methyl sites for hydroxylation is 1. The van der Waals surface area contributed by atoms with Crippen molar-refractivity contribution in [2.75, 3.05) is 11.4 Å². The first-order chi connectivity index (χ1) is 10.0.